The van der Waals surface area contributed by atoms with Gasteiger partial charge in [-0.1, -0.05) is 37.3 Å². The number of hydrogen-bond acceptors (Lipinski definition) is 6. The van der Waals surface area contributed by atoms with Crippen molar-refractivity contribution in [1.29, 1.82) is 0 Å². The first-order chi connectivity index (χ1) is 14.1. The maximum Gasteiger partial charge on any atom is 0.160 e. The van der Waals surface area contributed by atoms with Gasteiger partial charge in [-0.2, -0.15) is 0 Å². The number of fused-ring (bicyclic) bond motifs is 3. The van der Waals surface area contributed by atoms with Crippen molar-refractivity contribution in [3.05, 3.63) is 64.3 Å². The number of aryl methyl sites for hydroxylation is 2. The molecule has 3 aromatic heterocycles. The Labute approximate surface area is 174 Å². The molecule has 29 heavy (non-hydrogen) atoms. The molecular weight excluding hydrogens is 380 g/mol. The summed E-state index contributed by atoms with van der Waals surface area (Å²) < 4.78 is 2.04. The third-order valence-corrected chi connectivity index (χ3v) is 7.05. The summed E-state index contributed by atoms with van der Waals surface area (Å²) in [4.78, 5) is 11.8. The zero-order valence-electron chi connectivity index (χ0n) is 16.9. The van der Waals surface area contributed by atoms with Crippen LogP contribution < -0.4 is 5.32 Å². The van der Waals surface area contributed by atoms with Crippen LogP contribution >= 0.6 is 11.3 Å². The predicted molar refractivity (Wildman–Crippen MR) is 116 cm³/mol. The number of nitrogens with zero attached hydrogens (tertiary/aromatic N) is 5. The number of rotatable bonds is 4. The molecule has 0 spiro atoms. The summed E-state index contributed by atoms with van der Waals surface area (Å²) in [6.45, 7) is 4.30. The Bertz CT molecular complexity index is 1160. The van der Waals surface area contributed by atoms with Gasteiger partial charge in [0.1, 0.15) is 28.8 Å². The van der Waals surface area contributed by atoms with E-state index < -0.39 is 0 Å². The SMILES string of the molecule is Cc1nnc([C@H](Nc2ncnc3sc4c(c23)CC[C@@H](C)C4)c2ccccc2)n1C. The van der Waals surface area contributed by atoms with Gasteiger partial charge in [0.15, 0.2) is 5.82 Å². The van der Waals surface area contributed by atoms with Crippen LogP contribution in [0.3, 0.4) is 0 Å². The Kier molecular flexibility index (Phi) is 4.54. The molecule has 0 aliphatic heterocycles. The number of nitrogens with one attached hydrogen (secondary N) is 1. The maximum absolute atomic E-state index is 4.66. The monoisotopic (exact) mass is 404 g/mol. The smallest absolute Gasteiger partial charge is 0.160 e. The Morgan fingerprint density at radius 1 is 1.17 bits per heavy atom. The minimum atomic E-state index is -0.140. The fraction of sp³-hybridized carbons (Fsp3) is 0.364. The fourth-order valence-electron chi connectivity index (χ4n) is 4.14. The van der Waals surface area contributed by atoms with Gasteiger partial charge in [0, 0.05) is 11.9 Å². The van der Waals surface area contributed by atoms with Crippen LogP contribution in [0.1, 0.15) is 47.0 Å². The van der Waals surface area contributed by atoms with Crippen molar-refractivity contribution in [2.45, 2.75) is 39.2 Å². The molecule has 5 rings (SSSR count). The van der Waals surface area contributed by atoms with E-state index in [2.05, 4.69) is 56.7 Å². The van der Waals surface area contributed by atoms with E-state index in [1.807, 2.05) is 35.9 Å². The standard InChI is InChI=1S/C22H24N6S/c1-13-9-10-16-17(11-13)29-22-18(16)20(23-12-24-22)25-19(15-7-5-4-6-8-15)21-27-26-14(2)28(21)3/h4-8,12-13,19H,9-11H2,1-3H3,(H,23,24,25)/t13-,19-/m1/s1. The summed E-state index contributed by atoms with van der Waals surface area (Å²) in [5.41, 5.74) is 2.56. The van der Waals surface area contributed by atoms with Gasteiger partial charge < -0.3 is 9.88 Å². The van der Waals surface area contributed by atoms with E-state index in [1.54, 1.807) is 6.33 Å². The molecule has 0 saturated heterocycles. The van der Waals surface area contributed by atoms with E-state index >= 15 is 0 Å². The van der Waals surface area contributed by atoms with Crippen molar-refractivity contribution in [3.8, 4) is 0 Å². The van der Waals surface area contributed by atoms with Crippen LogP contribution in [0.25, 0.3) is 10.2 Å². The molecule has 1 aromatic carbocycles. The molecule has 4 aromatic rings. The third kappa shape index (κ3) is 3.19. The molecule has 3 heterocycles. The highest BCUT2D eigenvalue weighted by Crippen LogP contribution is 2.40. The number of hydrogen-bond donors (Lipinski definition) is 1. The molecule has 7 heteroatoms. The lowest BCUT2D eigenvalue weighted by atomic mass is 9.89. The molecule has 1 N–H and O–H groups in total. The highest BCUT2D eigenvalue weighted by atomic mass is 32.1. The second-order valence-corrected chi connectivity index (χ2v) is 8.99. The van der Waals surface area contributed by atoms with E-state index in [0.717, 1.165) is 46.6 Å². The Hall–Kier alpha value is -2.80. The first-order valence-electron chi connectivity index (χ1n) is 10.0. The summed E-state index contributed by atoms with van der Waals surface area (Å²) >= 11 is 1.82. The highest BCUT2D eigenvalue weighted by molar-refractivity contribution is 7.19. The highest BCUT2D eigenvalue weighted by Gasteiger charge is 2.26. The Balaban J connectivity index is 1.63. The van der Waals surface area contributed by atoms with Crippen LogP contribution in [0.5, 0.6) is 0 Å². The average molecular weight is 405 g/mol. The first-order valence-corrected chi connectivity index (χ1v) is 10.9. The van der Waals surface area contributed by atoms with Gasteiger partial charge in [-0.25, -0.2) is 9.97 Å². The molecule has 0 bridgehead atoms. The summed E-state index contributed by atoms with van der Waals surface area (Å²) in [5.74, 6) is 3.38. The minimum Gasteiger partial charge on any atom is -0.356 e. The van der Waals surface area contributed by atoms with Gasteiger partial charge >= 0.3 is 0 Å². The topological polar surface area (TPSA) is 68.5 Å². The molecule has 0 radical (unpaired) electrons. The zero-order valence-corrected chi connectivity index (χ0v) is 17.7. The van der Waals surface area contributed by atoms with Crippen LogP contribution in [-0.4, -0.2) is 24.7 Å². The molecular formula is C22H24N6S. The van der Waals surface area contributed by atoms with Gasteiger partial charge in [-0.15, -0.1) is 21.5 Å². The summed E-state index contributed by atoms with van der Waals surface area (Å²) in [6.07, 6.45) is 5.12. The molecule has 2 atom stereocenters. The largest absolute Gasteiger partial charge is 0.356 e. The van der Waals surface area contributed by atoms with Crippen LogP contribution in [-0.2, 0) is 19.9 Å². The molecule has 0 amide bonds. The maximum atomic E-state index is 4.66. The molecule has 6 nitrogen and oxygen atoms in total. The first kappa shape index (κ1) is 18.2. The summed E-state index contributed by atoms with van der Waals surface area (Å²) in [5, 5.41) is 13.6. The molecule has 0 fully saturated rings. The molecule has 0 saturated carbocycles. The van der Waals surface area contributed by atoms with Crippen molar-refractivity contribution in [3.63, 3.8) is 0 Å². The zero-order chi connectivity index (χ0) is 20.0. The predicted octanol–water partition coefficient (Wildman–Crippen LogP) is 4.45. The minimum absolute atomic E-state index is 0.140. The van der Waals surface area contributed by atoms with Crippen molar-refractivity contribution in [2.75, 3.05) is 5.32 Å². The van der Waals surface area contributed by atoms with E-state index in [4.69, 9.17) is 0 Å². The third-order valence-electron chi connectivity index (χ3n) is 5.89. The molecule has 1 aliphatic carbocycles. The van der Waals surface area contributed by atoms with Crippen LogP contribution in [0.15, 0.2) is 36.7 Å². The fourth-order valence-corrected chi connectivity index (χ4v) is 5.49. The van der Waals surface area contributed by atoms with Crippen LogP contribution in [0.4, 0.5) is 5.82 Å². The lowest BCUT2D eigenvalue weighted by molar-refractivity contribution is 0.509. The van der Waals surface area contributed by atoms with Crippen molar-refractivity contribution < 1.29 is 0 Å². The van der Waals surface area contributed by atoms with E-state index in [0.29, 0.717) is 0 Å². The number of benzene rings is 1. The van der Waals surface area contributed by atoms with Crippen molar-refractivity contribution in [2.24, 2.45) is 13.0 Å². The summed E-state index contributed by atoms with van der Waals surface area (Å²) in [7, 11) is 2.01. The Morgan fingerprint density at radius 2 is 2.00 bits per heavy atom. The Morgan fingerprint density at radius 3 is 2.76 bits per heavy atom. The van der Waals surface area contributed by atoms with Crippen molar-refractivity contribution in [1.82, 2.24) is 24.7 Å². The van der Waals surface area contributed by atoms with Gasteiger partial charge in [-0.3, -0.25) is 0 Å². The van der Waals surface area contributed by atoms with E-state index in [-0.39, 0.29) is 6.04 Å². The lowest BCUT2D eigenvalue weighted by Crippen LogP contribution is -2.18. The van der Waals surface area contributed by atoms with Gasteiger partial charge in [-0.05, 0) is 43.2 Å². The van der Waals surface area contributed by atoms with Gasteiger partial charge in [0.25, 0.3) is 0 Å². The van der Waals surface area contributed by atoms with E-state index in [1.165, 1.54) is 22.2 Å². The number of anilines is 1. The second-order valence-electron chi connectivity index (χ2n) is 7.91. The molecule has 0 unspecified atom stereocenters. The van der Waals surface area contributed by atoms with Crippen LogP contribution in [0, 0.1) is 12.8 Å². The van der Waals surface area contributed by atoms with E-state index in [9.17, 15) is 0 Å². The molecule has 1 aliphatic rings. The second kappa shape index (κ2) is 7.22. The van der Waals surface area contributed by atoms with Crippen LogP contribution in [0.2, 0.25) is 0 Å². The lowest BCUT2D eigenvalue weighted by Gasteiger charge is -2.21. The number of aromatic nitrogens is 5. The van der Waals surface area contributed by atoms with Crippen molar-refractivity contribution >= 4 is 27.4 Å². The van der Waals surface area contributed by atoms with Gasteiger partial charge in [0.2, 0.25) is 0 Å². The molecule has 148 valence electrons. The average Bonchev–Trinajstić information content (AvgIpc) is 3.26. The quantitative estimate of drug-likeness (QED) is 0.544. The normalized spacial score (nSPS) is 17.3. The van der Waals surface area contributed by atoms with Gasteiger partial charge in [0.05, 0.1) is 5.39 Å². The summed E-state index contributed by atoms with van der Waals surface area (Å²) in [6, 6.07) is 10.2. The number of thiophene rings is 1.